The molecule has 1 fully saturated rings. The smallest absolute Gasteiger partial charge is 0.333 e. The predicted octanol–water partition coefficient (Wildman–Crippen LogP) is 1.43. The van der Waals surface area contributed by atoms with Gasteiger partial charge in [-0.2, -0.15) is 0 Å². The first kappa shape index (κ1) is 8.75. The van der Waals surface area contributed by atoms with Gasteiger partial charge in [0.25, 0.3) is 0 Å². The molecule has 3 heteroatoms. The van der Waals surface area contributed by atoms with E-state index >= 15 is 0 Å². The largest absolute Gasteiger partial charge is 0.459 e. The third-order valence-corrected chi connectivity index (χ3v) is 2.36. The molecule has 13 heavy (non-hydrogen) atoms. The summed E-state index contributed by atoms with van der Waals surface area (Å²) in [5.41, 5.74) is 0.854. The van der Waals surface area contributed by atoms with E-state index < -0.39 is 0 Å². The minimum Gasteiger partial charge on any atom is -0.459 e. The molecule has 1 aliphatic heterocycles. The van der Waals surface area contributed by atoms with E-state index in [4.69, 9.17) is 9.47 Å². The minimum atomic E-state index is -0.143. The van der Waals surface area contributed by atoms with Crippen molar-refractivity contribution in [3.63, 3.8) is 0 Å². The average molecular weight is 182 g/mol. The number of ether oxygens (including phenoxy) is 2. The lowest BCUT2D eigenvalue weighted by Crippen LogP contribution is -2.13. The highest BCUT2D eigenvalue weighted by molar-refractivity contribution is 5.88. The van der Waals surface area contributed by atoms with Gasteiger partial charge < -0.3 is 9.47 Å². The quantitative estimate of drug-likeness (QED) is 0.489. The van der Waals surface area contributed by atoms with Crippen LogP contribution in [0.1, 0.15) is 25.7 Å². The van der Waals surface area contributed by atoms with E-state index in [0.717, 1.165) is 31.4 Å². The lowest BCUT2D eigenvalue weighted by molar-refractivity contribution is -0.139. The van der Waals surface area contributed by atoms with Crippen LogP contribution in [0.4, 0.5) is 0 Å². The molecule has 0 radical (unpaired) electrons. The molecule has 1 saturated heterocycles. The molecule has 0 N–H and O–H groups in total. The zero-order valence-electron chi connectivity index (χ0n) is 7.62. The number of rotatable bonds is 3. The van der Waals surface area contributed by atoms with Crippen molar-refractivity contribution >= 4 is 5.97 Å². The molecule has 2 rings (SSSR count). The van der Waals surface area contributed by atoms with Crippen LogP contribution in [-0.2, 0) is 14.3 Å². The summed E-state index contributed by atoms with van der Waals surface area (Å²) in [5.74, 6) is -0.143. The summed E-state index contributed by atoms with van der Waals surface area (Å²) in [6.45, 7) is 1.17. The van der Waals surface area contributed by atoms with E-state index in [2.05, 4.69) is 0 Å². The fourth-order valence-electron chi connectivity index (χ4n) is 1.45. The van der Waals surface area contributed by atoms with Crippen molar-refractivity contribution in [1.82, 2.24) is 0 Å². The third kappa shape index (κ3) is 2.56. The molecule has 1 atom stereocenters. The number of hydrogen-bond acceptors (Lipinski definition) is 3. The first-order valence-electron chi connectivity index (χ1n) is 4.84. The van der Waals surface area contributed by atoms with Crippen LogP contribution in [0.2, 0.25) is 0 Å². The molecule has 1 aliphatic carbocycles. The van der Waals surface area contributed by atoms with Crippen LogP contribution >= 0.6 is 0 Å². The summed E-state index contributed by atoms with van der Waals surface area (Å²) >= 11 is 0. The maximum atomic E-state index is 11.4. The fraction of sp³-hybridized carbons (Fsp3) is 0.700. The molecule has 1 unspecified atom stereocenters. The molecule has 1 heterocycles. The Morgan fingerprint density at radius 3 is 3.08 bits per heavy atom. The van der Waals surface area contributed by atoms with Gasteiger partial charge in [-0.25, -0.2) is 4.79 Å². The van der Waals surface area contributed by atoms with Crippen LogP contribution in [0, 0.1) is 0 Å². The first-order chi connectivity index (χ1) is 6.36. The second-order valence-corrected chi connectivity index (χ2v) is 3.53. The van der Waals surface area contributed by atoms with Crippen molar-refractivity contribution in [2.24, 2.45) is 0 Å². The molecule has 0 aromatic heterocycles. The maximum Gasteiger partial charge on any atom is 0.333 e. The van der Waals surface area contributed by atoms with Crippen molar-refractivity contribution < 1.29 is 14.3 Å². The average Bonchev–Trinajstić information content (AvgIpc) is 2.99. The van der Waals surface area contributed by atoms with Gasteiger partial charge in [-0.15, -0.1) is 0 Å². The number of carbonyl (C=O) groups is 1. The number of carbonyl (C=O) groups excluding carboxylic acids is 1. The van der Waals surface area contributed by atoms with E-state index in [9.17, 15) is 4.79 Å². The van der Waals surface area contributed by atoms with Gasteiger partial charge in [-0.05, 0) is 25.7 Å². The normalized spacial score (nSPS) is 26.5. The van der Waals surface area contributed by atoms with Crippen LogP contribution < -0.4 is 0 Å². The molecule has 0 aromatic rings. The van der Waals surface area contributed by atoms with Crippen molar-refractivity contribution in [2.45, 2.75) is 31.8 Å². The van der Waals surface area contributed by atoms with E-state index in [1.165, 1.54) is 6.42 Å². The Morgan fingerprint density at radius 1 is 1.62 bits per heavy atom. The summed E-state index contributed by atoms with van der Waals surface area (Å²) in [6, 6.07) is 0. The molecule has 0 spiro atoms. The number of hydrogen-bond donors (Lipinski definition) is 0. The van der Waals surface area contributed by atoms with Crippen molar-refractivity contribution in [1.29, 1.82) is 0 Å². The Bertz CT molecular complexity index is 228. The van der Waals surface area contributed by atoms with Gasteiger partial charge in [-0.1, -0.05) is 6.08 Å². The second-order valence-electron chi connectivity index (χ2n) is 3.53. The van der Waals surface area contributed by atoms with Gasteiger partial charge in [0.1, 0.15) is 12.7 Å². The summed E-state index contributed by atoms with van der Waals surface area (Å²) in [7, 11) is 0. The molecule has 72 valence electrons. The minimum absolute atomic E-state index is 0.143. The van der Waals surface area contributed by atoms with E-state index in [1.807, 2.05) is 6.08 Å². The summed E-state index contributed by atoms with van der Waals surface area (Å²) in [5, 5.41) is 0. The highest BCUT2D eigenvalue weighted by atomic mass is 16.6. The highest BCUT2D eigenvalue weighted by Crippen LogP contribution is 2.19. The molecule has 2 aliphatic rings. The monoisotopic (exact) mass is 182 g/mol. The van der Waals surface area contributed by atoms with Gasteiger partial charge in [-0.3, -0.25) is 0 Å². The third-order valence-electron chi connectivity index (χ3n) is 2.36. The Hall–Kier alpha value is -0.830. The number of epoxide rings is 1. The lowest BCUT2D eigenvalue weighted by Gasteiger charge is -2.11. The Balaban J connectivity index is 1.77. The SMILES string of the molecule is O=C(OCC1CO1)C1=CCCCC1. The van der Waals surface area contributed by atoms with E-state index in [-0.39, 0.29) is 12.1 Å². The van der Waals surface area contributed by atoms with Crippen LogP contribution in [0.5, 0.6) is 0 Å². The van der Waals surface area contributed by atoms with Gasteiger partial charge in [0.2, 0.25) is 0 Å². The Morgan fingerprint density at radius 2 is 2.46 bits per heavy atom. The zero-order valence-corrected chi connectivity index (χ0v) is 7.62. The molecule has 0 amide bonds. The van der Waals surface area contributed by atoms with E-state index in [1.54, 1.807) is 0 Å². The fourth-order valence-corrected chi connectivity index (χ4v) is 1.45. The standard InChI is InChI=1S/C10H14O3/c11-10(13-7-9-6-12-9)8-4-2-1-3-5-8/h4,9H,1-3,5-7H2. The van der Waals surface area contributed by atoms with Gasteiger partial charge in [0, 0.05) is 5.57 Å². The van der Waals surface area contributed by atoms with E-state index in [0.29, 0.717) is 6.61 Å². The second kappa shape index (κ2) is 3.92. The molecular weight excluding hydrogens is 168 g/mol. The van der Waals surface area contributed by atoms with Crippen molar-refractivity contribution in [3.8, 4) is 0 Å². The van der Waals surface area contributed by atoms with Gasteiger partial charge >= 0.3 is 5.97 Å². The molecule has 0 aromatic carbocycles. The highest BCUT2D eigenvalue weighted by Gasteiger charge is 2.25. The maximum absolute atomic E-state index is 11.4. The number of esters is 1. The summed E-state index contributed by atoms with van der Waals surface area (Å²) in [4.78, 5) is 11.4. The summed E-state index contributed by atoms with van der Waals surface area (Å²) < 4.78 is 10.0. The lowest BCUT2D eigenvalue weighted by atomic mass is 10.00. The summed E-state index contributed by atoms with van der Waals surface area (Å²) in [6.07, 6.45) is 6.38. The first-order valence-corrected chi connectivity index (χ1v) is 4.84. The van der Waals surface area contributed by atoms with Crippen LogP contribution in [0.3, 0.4) is 0 Å². The van der Waals surface area contributed by atoms with Gasteiger partial charge in [0.15, 0.2) is 0 Å². The van der Waals surface area contributed by atoms with Crippen molar-refractivity contribution in [2.75, 3.05) is 13.2 Å². The Kier molecular flexibility index (Phi) is 2.64. The zero-order chi connectivity index (χ0) is 9.10. The van der Waals surface area contributed by atoms with Crippen LogP contribution in [-0.4, -0.2) is 25.3 Å². The molecule has 0 bridgehead atoms. The molecular formula is C10H14O3. The Labute approximate surface area is 77.7 Å². The van der Waals surface area contributed by atoms with Crippen LogP contribution in [0.15, 0.2) is 11.6 Å². The van der Waals surface area contributed by atoms with Gasteiger partial charge in [0.05, 0.1) is 6.61 Å². The van der Waals surface area contributed by atoms with Crippen LogP contribution in [0.25, 0.3) is 0 Å². The topological polar surface area (TPSA) is 38.8 Å². The number of allylic oxidation sites excluding steroid dienone is 1. The predicted molar refractivity (Wildman–Crippen MR) is 47.3 cm³/mol. The molecule has 0 saturated carbocycles. The van der Waals surface area contributed by atoms with Crippen molar-refractivity contribution in [3.05, 3.63) is 11.6 Å². The molecule has 3 nitrogen and oxygen atoms in total.